The number of likely N-dealkylation sites (tertiary alicyclic amines) is 1. The van der Waals surface area contributed by atoms with Crippen molar-refractivity contribution >= 4 is 17.2 Å². The highest BCUT2D eigenvalue weighted by Gasteiger charge is 2.27. The number of imidazole rings is 1. The number of benzene rings is 1. The van der Waals surface area contributed by atoms with Crippen molar-refractivity contribution in [3.63, 3.8) is 0 Å². The number of aryl methyl sites for hydroxylation is 1. The molecule has 3 heterocycles. The van der Waals surface area contributed by atoms with E-state index in [9.17, 15) is 9.59 Å². The molecule has 2 aromatic heterocycles. The fourth-order valence-electron chi connectivity index (χ4n) is 4.70. The Kier molecular flexibility index (Phi) is 7.33. The molecule has 36 heavy (non-hydrogen) atoms. The van der Waals surface area contributed by atoms with Crippen LogP contribution in [-0.2, 0) is 28.7 Å². The molecule has 1 saturated heterocycles. The van der Waals surface area contributed by atoms with Crippen molar-refractivity contribution in [3.05, 3.63) is 63.3 Å². The number of amides is 1. The summed E-state index contributed by atoms with van der Waals surface area (Å²) in [6, 6.07) is 6.94. The van der Waals surface area contributed by atoms with Crippen molar-refractivity contribution < 1.29 is 4.79 Å². The topological polar surface area (TPSA) is 60.1 Å². The van der Waals surface area contributed by atoms with E-state index in [1.54, 1.807) is 28.3 Å². The highest BCUT2D eigenvalue weighted by Crippen LogP contribution is 2.38. The predicted molar refractivity (Wildman–Crippen MR) is 148 cm³/mol. The Morgan fingerprint density at radius 3 is 2.08 bits per heavy atom. The number of carbonyl (C=O) groups excluding carboxylic acids is 1. The molecule has 1 fully saturated rings. The quantitative estimate of drug-likeness (QED) is 0.438. The van der Waals surface area contributed by atoms with Crippen molar-refractivity contribution in [2.24, 2.45) is 0 Å². The molecule has 1 aliphatic rings. The summed E-state index contributed by atoms with van der Waals surface area (Å²) >= 11 is 1.79. The molecular formula is C29H40N4O2S. The molecule has 0 atom stereocenters. The van der Waals surface area contributed by atoms with Crippen molar-refractivity contribution in [1.82, 2.24) is 19.0 Å². The van der Waals surface area contributed by atoms with Gasteiger partial charge in [0, 0.05) is 48.7 Å². The van der Waals surface area contributed by atoms with Crippen LogP contribution in [0.4, 0.5) is 0 Å². The van der Waals surface area contributed by atoms with Crippen molar-refractivity contribution in [3.8, 4) is 10.6 Å². The molecule has 6 nitrogen and oxygen atoms in total. The van der Waals surface area contributed by atoms with E-state index >= 15 is 0 Å². The fourth-order valence-corrected chi connectivity index (χ4v) is 5.77. The summed E-state index contributed by atoms with van der Waals surface area (Å²) in [6.07, 6.45) is 7.33. The molecule has 4 rings (SSSR count). The van der Waals surface area contributed by atoms with Crippen molar-refractivity contribution in [2.45, 2.75) is 91.1 Å². The van der Waals surface area contributed by atoms with E-state index in [1.807, 2.05) is 18.0 Å². The first kappa shape index (κ1) is 26.4. The third kappa shape index (κ3) is 5.66. The Morgan fingerprint density at radius 2 is 1.56 bits per heavy atom. The summed E-state index contributed by atoms with van der Waals surface area (Å²) < 4.78 is 3.12. The standard InChI is InChI=1S/C29H40N4O2S/c1-8-31-13-14-33(27(31)35)19-25(34)32-11-9-20(10-12-32)24-18-30-26(36-24)21-15-22(28(2,3)4)17-23(16-21)29(5,6)7/h13-18,20H,8-12,19H2,1-7H3. The van der Waals surface area contributed by atoms with Gasteiger partial charge in [0.2, 0.25) is 5.91 Å². The van der Waals surface area contributed by atoms with Crippen LogP contribution in [0.5, 0.6) is 0 Å². The normalized spacial score (nSPS) is 15.5. The average Bonchev–Trinajstić information content (AvgIpc) is 3.45. The number of hydrogen-bond donors (Lipinski definition) is 0. The van der Waals surface area contributed by atoms with Gasteiger partial charge in [0.05, 0.1) is 0 Å². The summed E-state index contributed by atoms with van der Waals surface area (Å²) in [5.41, 5.74) is 3.88. The van der Waals surface area contributed by atoms with Crippen LogP contribution in [0.15, 0.2) is 41.6 Å². The van der Waals surface area contributed by atoms with E-state index in [1.165, 1.54) is 26.1 Å². The van der Waals surface area contributed by atoms with E-state index in [-0.39, 0.29) is 29.0 Å². The van der Waals surface area contributed by atoms with Gasteiger partial charge in [-0.15, -0.1) is 11.3 Å². The molecular weight excluding hydrogens is 468 g/mol. The van der Waals surface area contributed by atoms with Gasteiger partial charge < -0.3 is 4.90 Å². The van der Waals surface area contributed by atoms with Crippen LogP contribution < -0.4 is 5.69 Å². The first-order chi connectivity index (χ1) is 16.9. The summed E-state index contributed by atoms with van der Waals surface area (Å²) in [5, 5.41) is 1.07. The second kappa shape index (κ2) is 10.0. The van der Waals surface area contributed by atoms with Gasteiger partial charge in [0.25, 0.3) is 0 Å². The zero-order valence-electron chi connectivity index (χ0n) is 22.8. The maximum Gasteiger partial charge on any atom is 0.328 e. The molecule has 0 bridgehead atoms. The van der Waals surface area contributed by atoms with E-state index in [2.05, 4.69) is 59.7 Å². The van der Waals surface area contributed by atoms with Crippen LogP contribution in [-0.4, -0.2) is 38.0 Å². The maximum atomic E-state index is 12.8. The van der Waals surface area contributed by atoms with Crippen LogP contribution in [0, 0.1) is 0 Å². The fraction of sp³-hybridized carbons (Fsp3) is 0.552. The number of rotatable bonds is 5. The molecule has 1 aliphatic heterocycles. The van der Waals surface area contributed by atoms with E-state index < -0.39 is 0 Å². The minimum Gasteiger partial charge on any atom is -0.341 e. The van der Waals surface area contributed by atoms with Crippen LogP contribution in [0.2, 0.25) is 0 Å². The minimum atomic E-state index is -0.122. The summed E-state index contributed by atoms with van der Waals surface area (Å²) in [4.78, 5) is 33.1. The number of piperidine rings is 1. The highest BCUT2D eigenvalue weighted by molar-refractivity contribution is 7.15. The molecule has 1 aromatic carbocycles. The first-order valence-electron chi connectivity index (χ1n) is 13.0. The van der Waals surface area contributed by atoms with E-state index in [4.69, 9.17) is 4.98 Å². The van der Waals surface area contributed by atoms with Gasteiger partial charge in [-0.3, -0.25) is 13.9 Å². The zero-order valence-corrected chi connectivity index (χ0v) is 23.6. The van der Waals surface area contributed by atoms with Crippen LogP contribution >= 0.6 is 11.3 Å². The SMILES string of the molecule is CCn1ccn(CC(=O)N2CCC(c3cnc(-c4cc(C(C)(C)C)cc(C(C)(C)C)c4)s3)CC2)c1=O. The highest BCUT2D eigenvalue weighted by atomic mass is 32.1. The van der Waals surface area contributed by atoms with Gasteiger partial charge >= 0.3 is 5.69 Å². The van der Waals surface area contributed by atoms with Gasteiger partial charge in [-0.25, -0.2) is 9.78 Å². The molecule has 0 radical (unpaired) electrons. The third-order valence-electron chi connectivity index (χ3n) is 7.25. The Labute approximate surface area is 219 Å². The van der Waals surface area contributed by atoms with Crippen molar-refractivity contribution in [2.75, 3.05) is 13.1 Å². The second-order valence-electron chi connectivity index (χ2n) is 12.0. The van der Waals surface area contributed by atoms with Gasteiger partial charge in [0.15, 0.2) is 0 Å². The lowest BCUT2D eigenvalue weighted by atomic mass is 9.79. The van der Waals surface area contributed by atoms with Crippen molar-refractivity contribution in [1.29, 1.82) is 0 Å². The summed E-state index contributed by atoms with van der Waals surface area (Å²) in [5.74, 6) is 0.431. The molecule has 1 amide bonds. The monoisotopic (exact) mass is 508 g/mol. The van der Waals surface area contributed by atoms with E-state index in [0.29, 0.717) is 25.6 Å². The number of nitrogens with zero attached hydrogens (tertiary/aromatic N) is 4. The Morgan fingerprint density at radius 1 is 0.972 bits per heavy atom. The van der Waals surface area contributed by atoms with Crippen LogP contribution in [0.25, 0.3) is 10.6 Å². The number of aromatic nitrogens is 3. The van der Waals surface area contributed by atoms with E-state index in [0.717, 1.165) is 17.8 Å². The second-order valence-corrected chi connectivity index (χ2v) is 13.1. The smallest absolute Gasteiger partial charge is 0.328 e. The predicted octanol–water partition coefficient (Wildman–Crippen LogP) is 5.79. The Bertz CT molecular complexity index is 1250. The lowest BCUT2D eigenvalue weighted by molar-refractivity contribution is -0.132. The minimum absolute atomic E-state index is 0.0168. The van der Waals surface area contributed by atoms with Crippen LogP contribution in [0.3, 0.4) is 0 Å². The molecule has 0 spiro atoms. The number of thiazole rings is 1. The largest absolute Gasteiger partial charge is 0.341 e. The lowest BCUT2D eigenvalue weighted by Crippen LogP contribution is -2.41. The van der Waals surface area contributed by atoms with Gasteiger partial charge in [-0.1, -0.05) is 47.6 Å². The molecule has 0 aliphatic carbocycles. The van der Waals surface area contributed by atoms with Gasteiger partial charge in [-0.05, 0) is 59.8 Å². The zero-order chi connectivity index (χ0) is 26.3. The Hall–Kier alpha value is -2.67. The molecule has 7 heteroatoms. The average molecular weight is 509 g/mol. The Balaban J connectivity index is 1.45. The number of carbonyl (C=O) groups is 1. The van der Waals surface area contributed by atoms with Crippen LogP contribution in [0.1, 0.15) is 83.2 Å². The maximum absolute atomic E-state index is 12.8. The molecule has 0 saturated carbocycles. The lowest BCUT2D eigenvalue weighted by Gasteiger charge is -2.31. The van der Waals surface area contributed by atoms with Gasteiger partial charge in [0.1, 0.15) is 11.6 Å². The first-order valence-corrected chi connectivity index (χ1v) is 13.8. The molecule has 0 N–H and O–H groups in total. The molecule has 0 unspecified atom stereocenters. The number of hydrogen-bond acceptors (Lipinski definition) is 4. The van der Waals surface area contributed by atoms with Gasteiger partial charge in [-0.2, -0.15) is 0 Å². The summed E-state index contributed by atoms with van der Waals surface area (Å²) in [7, 11) is 0. The molecule has 194 valence electrons. The summed E-state index contributed by atoms with van der Waals surface area (Å²) in [6.45, 7) is 17.6. The molecule has 3 aromatic rings. The third-order valence-corrected chi connectivity index (χ3v) is 8.46.